The molecule has 0 saturated carbocycles. The number of rotatable bonds is 6. The molecular weight excluding hydrogens is 304 g/mol. The van der Waals surface area contributed by atoms with E-state index in [1.807, 2.05) is 0 Å². The van der Waals surface area contributed by atoms with Gasteiger partial charge in [-0.05, 0) is 12.1 Å². The Bertz CT molecular complexity index is 644. The first kappa shape index (κ1) is 16.2. The van der Waals surface area contributed by atoms with Crippen LogP contribution in [0.4, 0.5) is 0 Å². The standard InChI is InChI=1S/C15H14N2O6/c18-14(12-6-1-3-8-16(12)20)22-10-5-11-23-15(19)13-7-2-4-9-17(13)21/h1-4,6-9H,5,10-11H2. The summed E-state index contributed by atoms with van der Waals surface area (Å²) in [5.74, 6) is -1.51. The second-order valence-corrected chi connectivity index (χ2v) is 4.45. The Kier molecular flexibility index (Phi) is 5.45. The number of carbonyl (C=O) groups excluding carboxylic acids is 2. The molecule has 0 saturated heterocycles. The Balaban J connectivity index is 1.72. The summed E-state index contributed by atoms with van der Waals surface area (Å²) < 4.78 is 10.6. The van der Waals surface area contributed by atoms with Crippen LogP contribution < -0.4 is 9.46 Å². The topological polar surface area (TPSA) is 106 Å². The number of pyridine rings is 2. The van der Waals surface area contributed by atoms with Gasteiger partial charge in [0, 0.05) is 30.7 Å². The lowest BCUT2D eigenvalue weighted by molar-refractivity contribution is -0.608. The largest absolute Gasteiger partial charge is 0.618 e. The first-order valence-electron chi connectivity index (χ1n) is 6.80. The maximum absolute atomic E-state index is 11.6. The predicted molar refractivity (Wildman–Crippen MR) is 76.0 cm³/mol. The molecule has 0 aliphatic carbocycles. The van der Waals surface area contributed by atoms with E-state index in [1.165, 1.54) is 36.7 Å². The van der Waals surface area contributed by atoms with Gasteiger partial charge in [-0.1, -0.05) is 0 Å². The minimum atomic E-state index is -0.757. The fourth-order valence-corrected chi connectivity index (χ4v) is 1.71. The van der Waals surface area contributed by atoms with Crippen LogP contribution in [0.1, 0.15) is 27.4 Å². The molecule has 0 radical (unpaired) electrons. The number of esters is 2. The highest BCUT2D eigenvalue weighted by Crippen LogP contribution is 1.98. The molecule has 2 rings (SSSR count). The van der Waals surface area contributed by atoms with E-state index in [0.29, 0.717) is 9.46 Å². The van der Waals surface area contributed by atoms with E-state index in [1.54, 1.807) is 12.1 Å². The molecule has 2 aromatic heterocycles. The molecule has 0 aliphatic rings. The highest BCUT2D eigenvalue weighted by atomic mass is 16.6. The highest BCUT2D eigenvalue weighted by Gasteiger charge is 2.18. The van der Waals surface area contributed by atoms with Gasteiger partial charge in [-0.15, -0.1) is 0 Å². The maximum atomic E-state index is 11.6. The molecule has 8 nitrogen and oxygen atoms in total. The van der Waals surface area contributed by atoms with E-state index in [0.717, 1.165) is 0 Å². The van der Waals surface area contributed by atoms with Crippen molar-refractivity contribution in [2.75, 3.05) is 13.2 Å². The van der Waals surface area contributed by atoms with Crippen molar-refractivity contribution in [2.24, 2.45) is 0 Å². The summed E-state index contributed by atoms with van der Waals surface area (Å²) in [4.78, 5) is 23.3. The maximum Gasteiger partial charge on any atom is 0.405 e. The van der Waals surface area contributed by atoms with E-state index in [2.05, 4.69) is 0 Å². The lowest BCUT2D eigenvalue weighted by atomic mass is 10.3. The third kappa shape index (κ3) is 4.40. The normalized spacial score (nSPS) is 10.1. The van der Waals surface area contributed by atoms with Crippen molar-refractivity contribution in [3.05, 3.63) is 70.6 Å². The Hall–Kier alpha value is -3.16. The van der Waals surface area contributed by atoms with Crippen molar-refractivity contribution in [2.45, 2.75) is 6.42 Å². The van der Waals surface area contributed by atoms with Gasteiger partial charge in [-0.2, -0.15) is 9.46 Å². The summed E-state index contributed by atoms with van der Waals surface area (Å²) in [5.41, 5.74) is -0.248. The van der Waals surface area contributed by atoms with Gasteiger partial charge in [0.1, 0.15) is 0 Å². The minimum Gasteiger partial charge on any atom is -0.618 e. The summed E-state index contributed by atoms with van der Waals surface area (Å²) in [5, 5.41) is 22.7. The van der Waals surface area contributed by atoms with E-state index < -0.39 is 11.9 Å². The molecule has 0 spiro atoms. The molecule has 0 aromatic carbocycles. The summed E-state index contributed by atoms with van der Waals surface area (Å²) in [6.07, 6.45) is 2.63. The molecule has 0 fully saturated rings. The summed E-state index contributed by atoms with van der Waals surface area (Å²) >= 11 is 0. The Morgan fingerprint density at radius 1 is 0.826 bits per heavy atom. The first-order valence-corrected chi connectivity index (χ1v) is 6.80. The molecule has 23 heavy (non-hydrogen) atoms. The molecule has 2 heterocycles. The van der Waals surface area contributed by atoms with Gasteiger partial charge in [0.25, 0.3) is 0 Å². The van der Waals surface area contributed by atoms with Gasteiger partial charge < -0.3 is 19.9 Å². The van der Waals surface area contributed by atoms with Crippen LogP contribution in [0.2, 0.25) is 0 Å². The predicted octanol–water partition coefficient (Wildman–Crippen LogP) is 0.357. The van der Waals surface area contributed by atoms with Crippen LogP contribution >= 0.6 is 0 Å². The van der Waals surface area contributed by atoms with Crippen LogP contribution in [-0.4, -0.2) is 25.2 Å². The summed E-state index contributed by atoms with van der Waals surface area (Å²) in [6.45, 7) is -0.0413. The van der Waals surface area contributed by atoms with Crippen LogP contribution in [0.3, 0.4) is 0 Å². The average molecular weight is 318 g/mol. The molecule has 0 N–H and O–H groups in total. The number of hydrogen-bond acceptors (Lipinski definition) is 6. The van der Waals surface area contributed by atoms with Crippen LogP contribution in [-0.2, 0) is 9.47 Å². The van der Waals surface area contributed by atoms with E-state index >= 15 is 0 Å². The fourth-order valence-electron chi connectivity index (χ4n) is 1.71. The third-order valence-corrected chi connectivity index (χ3v) is 2.82. The van der Waals surface area contributed by atoms with Gasteiger partial charge in [0.05, 0.1) is 13.2 Å². The highest BCUT2D eigenvalue weighted by molar-refractivity contribution is 5.86. The average Bonchev–Trinajstić information content (AvgIpc) is 2.55. The number of hydrogen-bond donors (Lipinski definition) is 0. The van der Waals surface area contributed by atoms with Crippen LogP contribution in [0, 0.1) is 10.4 Å². The number of ether oxygens (including phenoxy) is 2. The van der Waals surface area contributed by atoms with Crippen molar-refractivity contribution < 1.29 is 28.5 Å². The van der Waals surface area contributed by atoms with Gasteiger partial charge >= 0.3 is 23.3 Å². The fraction of sp³-hybridized carbons (Fsp3) is 0.200. The molecule has 0 atom stereocenters. The van der Waals surface area contributed by atoms with E-state index in [9.17, 15) is 20.0 Å². The second kappa shape index (κ2) is 7.74. The van der Waals surface area contributed by atoms with Crippen molar-refractivity contribution in [1.82, 2.24) is 0 Å². The minimum absolute atomic E-state index is 0.0207. The molecule has 2 aromatic rings. The number of carbonyl (C=O) groups is 2. The first-order chi connectivity index (χ1) is 11.1. The van der Waals surface area contributed by atoms with Crippen molar-refractivity contribution in [3.63, 3.8) is 0 Å². The lowest BCUT2D eigenvalue weighted by Gasteiger charge is -2.06. The quantitative estimate of drug-likeness (QED) is 0.329. The Morgan fingerprint density at radius 3 is 1.65 bits per heavy atom. The third-order valence-electron chi connectivity index (χ3n) is 2.82. The summed E-state index contributed by atoms with van der Waals surface area (Å²) in [7, 11) is 0. The Morgan fingerprint density at radius 2 is 1.26 bits per heavy atom. The van der Waals surface area contributed by atoms with Crippen molar-refractivity contribution in [3.8, 4) is 0 Å². The van der Waals surface area contributed by atoms with Crippen molar-refractivity contribution >= 4 is 11.9 Å². The molecule has 0 aliphatic heterocycles. The van der Waals surface area contributed by atoms with Crippen LogP contribution in [0.15, 0.2) is 48.8 Å². The molecule has 8 heteroatoms. The molecule has 0 unspecified atom stereocenters. The Labute approximate surface area is 131 Å². The summed E-state index contributed by atoms with van der Waals surface area (Å²) in [6, 6.07) is 8.77. The zero-order valence-corrected chi connectivity index (χ0v) is 12.1. The van der Waals surface area contributed by atoms with E-state index in [-0.39, 0.29) is 31.0 Å². The van der Waals surface area contributed by atoms with Crippen molar-refractivity contribution in [1.29, 1.82) is 0 Å². The lowest BCUT2D eigenvalue weighted by Crippen LogP contribution is -2.35. The molecule has 0 amide bonds. The smallest absolute Gasteiger partial charge is 0.405 e. The van der Waals surface area contributed by atoms with Gasteiger partial charge in [-0.25, -0.2) is 9.59 Å². The van der Waals surface area contributed by atoms with Crippen LogP contribution in [0.25, 0.3) is 0 Å². The number of aromatic nitrogens is 2. The monoisotopic (exact) mass is 318 g/mol. The van der Waals surface area contributed by atoms with Gasteiger partial charge in [0.15, 0.2) is 12.4 Å². The molecule has 120 valence electrons. The van der Waals surface area contributed by atoms with Gasteiger partial charge in [-0.3, -0.25) is 0 Å². The van der Waals surface area contributed by atoms with Gasteiger partial charge in [0.2, 0.25) is 0 Å². The zero-order chi connectivity index (χ0) is 16.7. The van der Waals surface area contributed by atoms with E-state index in [4.69, 9.17) is 9.47 Å². The zero-order valence-electron chi connectivity index (χ0n) is 12.1. The van der Waals surface area contributed by atoms with Crippen LogP contribution in [0.5, 0.6) is 0 Å². The SMILES string of the molecule is O=C(OCCCOC(=O)c1cccc[n+]1[O-])c1cccc[n+]1[O-]. The number of nitrogens with zero attached hydrogens (tertiary/aromatic N) is 2. The second-order valence-electron chi connectivity index (χ2n) is 4.45. The molecule has 0 bridgehead atoms. The molecular formula is C15H14N2O6.